The third-order valence-corrected chi connectivity index (χ3v) is 6.35. The Bertz CT molecular complexity index is 1100. The second-order valence-corrected chi connectivity index (χ2v) is 8.74. The molecule has 0 aliphatic carbocycles. The van der Waals surface area contributed by atoms with E-state index in [-0.39, 0.29) is 23.9 Å². The van der Waals surface area contributed by atoms with Crippen LogP contribution in [-0.4, -0.2) is 6.61 Å². The smallest absolute Gasteiger partial charge is 0.130 e. The summed E-state index contributed by atoms with van der Waals surface area (Å²) in [5.74, 6) is -1.23. The largest absolute Gasteiger partial charge is 0.373 e. The first kappa shape index (κ1) is 22.3. The molecule has 3 aromatic carbocycles. The number of benzene rings is 3. The number of rotatable bonds is 5. The number of aryl methyl sites for hydroxylation is 1. The predicted molar refractivity (Wildman–Crippen MR) is 122 cm³/mol. The fourth-order valence-corrected chi connectivity index (χ4v) is 4.18. The number of halogens is 3. The first-order valence-electron chi connectivity index (χ1n) is 10.9. The fourth-order valence-electron chi connectivity index (χ4n) is 4.18. The van der Waals surface area contributed by atoms with Crippen LogP contribution in [0.1, 0.15) is 48.1 Å². The Morgan fingerprint density at radius 3 is 2.16 bits per heavy atom. The topological polar surface area (TPSA) is 9.23 Å². The van der Waals surface area contributed by atoms with E-state index < -0.39 is 11.6 Å². The third kappa shape index (κ3) is 4.81. The highest BCUT2D eigenvalue weighted by molar-refractivity contribution is 5.64. The first-order chi connectivity index (χ1) is 15.3. The lowest BCUT2D eigenvalue weighted by molar-refractivity contribution is -0.00779. The molecule has 166 valence electrons. The number of ether oxygens (including phenoxy) is 1. The highest BCUT2D eigenvalue weighted by atomic mass is 19.1. The molecule has 1 aliphatic heterocycles. The Hall–Kier alpha value is -2.85. The lowest BCUT2D eigenvalue weighted by Gasteiger charge is -2.29. The van der Waals surface area contributed by atoms with Gasteiger partial charge in [0.2, 0.25) is 0 Å². The van der Waals surface area contributed by atoms with Crippen LogP contribution in [0.5, 0.6) is 0 Å². The van der Waals surface area contributed by atoms with E-state index in [1.807, 2.05) is 31.2 Å². The molecule has 3 aromatic rings. The van der Waals surface area contributed by atoms with Crippen molar-refractivity contribution in [1.82, 2.24) is 0 Å². The van der Waals surface area contributed by atoms with Crippen LogP contribution in [0.2, 0.25) is 0 Å². The lowest BCUT2D eigenvalue weighted by atomic mass is 9.90. The van der Waals surface area contributed by atoms with Crippen molar-refractivity contribution in [2.24, 2.45) is 5.92 Å². The lowest BCUT2D eigenvalue weighted by Crippen LogP contribution is -2.21. The summed E-state index contributed by atoms with van der Waals surface area (Å²) in [7, 11) is 0. The van der Waals surface area contributed by atoms with Gasteiger partial charge in [0.15, 0.2) is 0 Å². The Morgan fingerprint density at radius 1 is 0.906 bits per heavy atom. The Labute approximate surface area is 187 Å². The highest BCUT2D eigenvalue weighted by Crippen LogP contribution is 2.34. The van der Waals surface area contributed by atoms with Crippen LogP contribution in [0.3, 0.4) is 0 Å². The van der Waals surface area contributed by atoms with Crippen LogP contribution in [0.25, 0.3) is 11.1 Å². The predicted octanol–water partition coefficient (Wildman–Crippen LogP) is 7.71. The summed E-state index contributed by atoms with van der Waals surface area (Å²) in [6.45, 7) is 8.37. The molecule has 2 unspecified atom stereocenters. The van der Waals surface area contributed by atoms with Crippen LogP contribution in [0, 0.1) is 30.3 Å². The molecule has 0 spiro atoms. The summed E-state index contributed by atoms with van der Waals surface area (Å²) in [4.78, 5) is 0. The molecule has 0 amide bonds. The summed E-state index contributed by atoms with van der Waals surface area (Å²) >= 11 is 0. The average molecular weight is 437 g/mol. The summed E-state index contributed by atoms with van der Waals surface area (Å²) in [5.41, 5.74) is 4.39. The van der Waals surface area contributed by atoms with Crippen molar-refractivity contribution in [1.29, 1.82) is 0 Å². The van der Waals surface area contributed by atoms with Crippen molar-refractivity contribution in [3.05, 3.63) is 106 Å². The molecule has 4 rings (SSSR count). The van der Waals surface area contributed by atoms with E-state index in [0.29, 0.717) is 29.2 Å². The quantitative estimate of drug-likeness (QED) is 0.372. The van der Waals surface area contributed by atoms with Gasteiger partial charge in [-0.25, -0.2) is 13.2 Å². The molecule has 32 heavy (non-hydrogen) atoms. The molecule has 4 heteroatoms. The molecule has 0 aromatic heterocycles. The van der Waals surface area contributed by atoms with E-state index in [0.717, 1.165) is 29.5 Å². The van der Waals surface area contributed by atoms with Gasteiger partial charge in [0.1, 0.15) is 17.5 Å². The van der Waals surface area contributed by atoms with E-state index in [9.17, 15) is 13.2 Å². The SMILES string of the molecule is C=C(C)C1CCC(c2ccc(-c3cc(F)c(Cc4ccc(C)c(F)c4)c(F)c3)cc2)OC1. The molecular weight excluding hydrogens is 409 g/mol. The second-order valence-electron chi connectivity index (χ2n) is 8.74. The third-order valence-electron chi connectivity index (χ3n) is 6.35. The minimum atomic E-state index is -0.633. The maximum absolute atomic E-state index is 14.8. The maximum atomic E-state index is 14.8. The molecule has 2 atom stereocenters. The summed E-state index contributed by atoms with van der Waals surface area (Å²) in [6.07, 6.45) is 2.00. The van der Waals surface area contributed by atoms with E-state index in [2.05, 4.69) is 6.58 Å². The Kier molecular flexibility index (Phi) is 6.52. The standard InChI is InChI=1S/C28H27F3O/c1-17(2)22-10-11-28(32-16-22)21-8-6-20(7-9-21)23-14-26(30)24(27(31)15-23)12-19-5-4-18(3)25(29)13-19/h4-9,13-15,22,28H,1,10-12,16H2,2-3H3. The minimum absolute atomic E-state index is 0.00171. The highest BCUT2D eigenvalue weighted by Gasteiger charge is 2.23. The maximum Gasteiger partial charge on any atom is 0.130 e. The molecule has 1 nitrogen and oxygen atoms in total. The van der Waals surface area contributed by atoms with Crippen LogP contribution in [0.4, 0.5) is 13.2 Å². The van der Waals surface area contributed by atoms with Crippen molar-refractivity contribution in [3.63, 3.8) is 0 Å². The van der Waals surface area contributed by atoms with Crippen molar-refractivity contribution in [2.75, 3.05) is 6.61 Å². The molecule has 1 heterocycles. The molecule has 1 aliphatic rings. The van der Waals surface area contributed by atoms with E-state index >= 15 is 0 Å². The average Bonchev–Trinajstić information content (AvgIpc) is 2.78. The van der Waals surface area contributed by atoms with Crippen molar-refractivity contribution >= 4 is 0 Å². The zero-order valence-corrected chi connectivity index (χ0v) is 18.4. The number of hydrogen-bond donors (Lipinski definition) is 0. The van der Waals surface area contributed by atoms with Gasteiger partial charge in [0.25, 0.3) is 0 Å². The second kappa shape index (κ2) is 9.33. The van der Waals surface area contributed by atoms with Gasteiger partial charge in [0, 0.05) is 17.9 Å². The Balaban J connectivity index is 1.50. The van der Waals surface area contributed by atoms with E-state index in [1.54, 1.807) is 19.1 Å². The fraction of sp³-hybridized carbons (Fsp3) is 0.286. The van der Waals surface area contributed by atoms with Gasteiger partial charge < -0.3 is 4.74 Å². The molecule has 1 saturated heterocycles. The summed E-state index contributed by atoms with van der Waals surface area (Å²) in [6, 6.07) is 15.0. The Morgan fingerprint density at radius 2 is 1.59 bits per heavy atom. The normalized spacial score (nSPS) is 18.5. The zero-order chi connectivity index (χ0) is 22.8. The van der Waals surface area contributed by atoms with Crippen molar-refractivity contribution in [2.45, 2.75) is 39.2 Å². The molecular formula is C28H27F3O. The van der Waals surface area contributed by atoms with Crippen LogP contribution in [0.15, 0.2) is 66.7 Å². The van der Waals surface area contributed by atoms with Gasteiger partial charge in [-0.1, -0.05) is 48.6 Å². The minimum Gasteiger partial charge on any atom is -0.373 e. The molecule has 0 bridgehead atoms. The van der Waals surface area contributed by atoms with Gasteiger partial charge in [-0.05, 0) is 72.7 Å². The molecule has 0 N–H and O–H groups in total. The van der Waals surface area contributed by atoms with Gasteiger partial charge >= 0.3 is 0 Å². The molecule has 0 saturated carbocycles. The van der Waals surface area contributed by atoms with Crippen LogP contribution < -0.4 is 0 Å². The number of hydrogen-bond acceptors (Lipinski definition) is 1. The molecule has 0 radical (unpaired) electrons. The van der Waals surface area contributed by atoms with E-state index in [4.69, 9.17) is 4.74 Å². The molecule has 1 fully saturated rings. The van der Waals surface area contributed by atoms with E-state index in [1.165, 1.54) is 18.2 Å². The van der Waals surface area contributed by atoms with Gasteiger partial charge in [-0.2, -0.15) is 0 Å². The van der Waals surface area contributed by atoms with Gasteiger partial charge in [0.05, 0.1) is 12.7 Å². The van der Waals surface area contributed by atoms with Crippen molar-refractivity contribution < 1.29 is 17.9 Å². The van der Waals surface area contributed by atoms with Crippen LogP contribution in [-0.2, 0) is 11.2 Å². The van der Waals surface area contributed by atoms with Gasteiger partial charge in [-0.3, -0.25) is 0 Å². The van der Waals surface area contributed by atoms with Gasteiger partial charge in [-0.15, -0.1) is 0 Å². The summed E-state index contributed by atoms with van der Waals surface area (Å²) in [5, 5.41) is 0. The summed E-state index contributed by atoms with van der Waals surface area (Å²) < 4.78 is 49.3. The van der Waals surface area contributed by atoms with Crippen LogP contribution >= 0.6 is 0 Å². The first-order valence-corrected chi connectivity index (χ1v) is 10.9. The monoisotopic (exact) mass is 436 g/mol. The van der Waals surface area contributed by atoms with Crippen molar-refractivity contribution in [3.8, 4) is 11.1 Å². The zero-order valence-electron chi connectivity index (χ0n) is 18.4.